The third kappa shape index (κ3) is 4.78. The average molecular weight is 408 g/mol. The van der Waals surface area contributed by atoms with Gasteiger partial charge in [-0.05, 0) is 32.6 Å². The van der Waals surface area contributed by atoms with Crippen LogP contribution in [0.1, 0.15) is 26.7 Å². The molecule has 0 aromatic carbocycles. The Labute approximate surface area is 169 Å². The topological polar surface area (TPSA) is 120 Å². The minimum absolute atomic E-state index is 0.0261. The van der Waals surface area contributed by atoms with Crippen LogP contribution >= 0.6 is 0 Å². The molecule has 5 atom stereocenters. The number of nitrogens with one attached hydrogen (secondary N) is 2. The summed E-state index contributed by atoms with van der Waals surface area (Å²) in [6, 6.07) is -0.908. The van der Waals surface area contributed by atoms with Crippen LogP contribution in [-0.4, -0.2) is 55.3 Å². The van der Waals surface area contributed by atoms with Gasteiger partial charge in [0.05, 0.1) is 12.5 Å². The van der Waals surface area contributed by atoms with Crippen LogP contribution in [0.4, 0.5) is 4.79 Å². The van der Waals surface area contributed by atoms with E-state index in [-0.39, 0.29) is 25.7 Å². The van der Waals surface area contributed by atoms with E-state index in [1.807, 2.05) is 0 Å². The molecule has 2 aliphatic rings. The lowest BCUT2D eigenvalue weighted by Gasteiger charge is -2.32. The highest BCUT2D eigenvalue weighted by Crippen LogP contribution is 2.62. The third-order valence-electron chi connectivity index (χ3n) is 5.28. The molecule has 0 spiro atoms. The van der Waals surface area contributed by atoms with Crippen LogP contribution in [0.5, 0.6) is 0 Å². The molecule has 9 nitrogen and oxygen atoms in total. The number of alkyl carbamates (subject to hydrolysis) is 1. The molecule has 1 unspecified atom stereocenters. The molecule has 2 N–H and O–H groups in total. The maximum absolute atomic E-state index is 13.1. The molecular weight excluding hydrogens is 380 g/mol. The number of hydrogen-bond donors (Lipinski definition) is 2. The van der Waals surface area contributed by atoms with E-state index in [0.717, 1.165) is 0 Å². The summed E-state index contributed by atoms with van der Waals surface area (Å²) in [7, 11) is 0. The number of fused-ring (bicyclic) bond motifs is 1. The maximum atomic E-state index is 13.1. The number of amides is 2. The number of carbonyl (C=O) groups excluding carboxylic acids is 4. The molecule has 0 heterocycles. The quantitative estimate of drug-likeness (QED) is 0.315. The molecule has 2 amide bonds. The van der Waals surface area contributed by atoms with Gasteiger partial charge >= 0.3 is 18.0 Å². The molecule has 0 radical (unpaired) electrons. The fourth-order valence-corrected chi connectivity index (χ4v) is 4.00. The van der Waals surface area contributed by atoms with Crippen LogP contribution in [0.3, 0.4) is 0 Å². The summed E-state index contributed by atoms with van der Waals surface area (Å²) in [6.45, 7) is 10.4. The smallest absolute Gasteiger partial charge is 0.408 e. The molecule has 0 saturated heterocycles. The van der Waals surface area contributed by atoms with Gasteiger partial charge in [-0.3, -0.25) is 9.59 Å². The van der Waals surface area contributed by atoms with Gasteiger partial charge in [0, 0.05) is 5.92 Å². The first-order valence-electron chi connectivity index (χ1n) is 9.63. The normalized spacial score (nSPS) is 27.6. The second-order valence-electron chi connectivity index (χ2n) is 7.10. The highest BCUT2D eigenvalue weighted by atomic mass is 16.6. The van der Waals surface area contributed by atoms with E-state index in [4.69, 9.17) is 14.2 Å². The number of esters is 2. The van der Waals surface area contributed by atoms with Crippen molar-refractivity contribution >= 4 is 23.9 Å². The Morgan fingerprint density at radius 1 is 1.14 bits per heavy atom. The Balaban J connectivity index is 2.19. The standard InChI is InChI=1S/C20H28N2O7/c1-5-10-28-17(24)14-13-8-9-20(15(13)14,22-19(26)29-11-6-2)18(25)21-12(4)16(23)27-7-3/h5-6,12-15H,1-2,7-11H2,3-4H3,(H,21,25)(H,22,26)/t12?,13-,14-,15-,20-/m0/s1. The largest absolute Gasteiger partial charge is 0.464 e. The first-order valence-corrected chi connectivity index (χ1v) is 9.63. The number of hydrogen-bond acceptors (Lipinski definition) is 7. The molecule has 0 bridgehead atoms. The summed E-state index contributed by atoms with van der Waals surface area (Å²) in [6.07, 6.45) is 2.94. The van der Waals surface area contributed by atoms with Gasteiger partial charge in [0.1, 0.15) is 24.8 Å². The molecule has 9 heteroatoms. The van der Waals surface area contributed by atoms with E-state index in [9.17, 15) is 19.2 Å². The summed E-state index contributed by atoms with van der Waals surface area (Å²) < 4.78 is 15.0. The molecule has 160 valence electrons. The Kier molecular flexibility index (Phi) is 7.41. The zero-order valence-corrected chi connectivity index (χ0v) is 16.8. The Morgan fingerprint density at radius 2 is 1.79 bits per heavy atom. The molecule has 0 aliphatic heterocycles. The highest BCUT2D eigenvalue weighted by Gasteiger charge is 2.72. The molecule has 29 heavy (non-hydrogen) atoms. The third-order valence-corrected chi connectivity index (χ3v) is 5.28. The summed E-state index contributed by atoms with van der Waals surface area (Å²) in [4.78, 5) is 49.6. The van der Waals surface area contributed by atoms with Crippen LogP contribution in [0.15, 0.2) is 25.3 Å². The van der Waals surface area contributed by atoms with E-state index in [2.05, 4.69) is 23.8 Å². The minimum atomic E-state index is -1.37. The SMILES string of the molecule is C=CCOC(=O)N[C@@]1(C(=O)NC(C)C(=O)OCC)CC[C@H]2[C@H](C(=O)OCC=C)[C@H]21. The number of carbonyl (C=O) groups is 4. The first kappa shape index (κ1) is 22.4. The van der Waals surface area contributed by atoms with E-state index in [1.54, 1.807) is 6.92 Å². The van der Waals surface area contributed by atoms with Crippen molar-refractivity contribution in [2.45, 2.75) is 38.3 Å². The lowest BCUT2D eigenvalue weighted by atomic mass is 9.89. The van der Waals surface area contributed by atoms with Gasteiger partial charge in [0.2, 0.25) is 5.91 Å². The van der Waals surface area contributed by atoms with Crippen LogP contribution in [0.25, 0.3) is 0 Å². The average Bonchev–Trinajstić information content (AvgIpc) is 3.32. The van der Waals surface area contributed by atoms with Crippen molar-refractivity contribution in [1.29, 1.82) is 0 Å². The summed E-state index contributed by atoms with van der Waals surface area (Å²) in [5, 5.41) is 5.23. The molecule has 0 aromatic heterocycles. The lowest BCUT2D eigenvalue weighted by molar-refractivity contribution is -0.148. The van der Waals surface area contributed by atoms with Gasteiger partial charge in [-0.1, -0.05) is 25.3 Å². The Morgan fingerprint density at radius 3 is 2.41 bits per heavy atom. The van der Waals surface area contributed by atoms with Gasteiger partial charge < -0.3 is 24.8 Å². The van der Waals surface area contributed by atoms with Gasteiger partial charge in [-0.2, -0.15) is 0 Å². The van der Waals surface area contributed by atoms with E-state index >= 15 is 0 Å². The Hall–Kier alpha value is -2.84. The zero-order valence-electron chi connectivity index (χ0n) is 16.8. The molecule has 2 saturated carbocycles. The predicted molar refractivity (Wildman–Crippen MR) is 103 cm³/mol. The van der Waals surface area contributed by atoms with Crippen molar-refractivity contribution in [2.24, 2.45) is 17.8 Å². The second kappa shape index (κ2) is 9.58. The minimum Gasteiger partial charge on any atom is -0.464 e. The summed E-state index contributed by atoms with van der Waals surface area (Å²) >= 11 is 0. The van der Waals surface area contributed by atoms with E-state index in [0.29, 0.717) is 12.8 Å². The number of rotatable bonds is 10. The van der Waals surface area contributed by atoms with Crippen molar-refractivity contribution in [3.05, 3.63) is 25.3 Å². The fraction of sp³-hybridized carbons (Fsp3) is 0.600. The maximum Gasteiger partial charge on any atom is 0.408 e. The Bertz CT molecular complexity index is 692. The van der Waals surface area contributed by atoms with Gasteiger partial charge in [-0.25, -0.2) is 9.59 Å². The van der Waals surface area contributed by atoms with Gasteiger partial charge in [0.25, 0.3) is 0 Å². The molecule has 2 rings (SSSR count). The van der Waals surface area contributed by atoms with Crippen LogP contribution in [-0.2, 0) is 28.6 Å². The molecule has 0 aromatic rings. The van der Waals surface area contributed by atoms with Gasteiger partial charge in [0.15, 0.2) is 0 Å². The predicted octanol–water partition coefficient (Wildman–Crippen LogP) is 1.09. The summed E-state index contributed by atoms with van der Waals surface area (Å²) in [5.74, 6) is -2.61. The van der Waals surface area contributed by atoms with Crippen LogP contribution in [0.2, 0.25) is 0 Å². The van der Waals surface area contributed by atoms with Crippen LogP contribution in [0, 0.1) is 17.8 Å². The van der Waals surface area contributed by atoms with Crippen molar-refractivity contribution in [2.75, 3.05) is 19.8 Å². The summed E-state index contributed by atoms with van der Waals surface area (Å²) in [5.41, 5.74) is -1.37. The van der Waals surface area contributed by atoms with Crippen molar-refractivity contribution < 1.29 is 33.4 Å². The molecule has 2 fully saturated rings. The second-order valence-corrected chi connectivity index (χ2v) is 7.10. The van der Waals surface area contributed by atoms with Crippen molar-refractivity contribution in [3.8, 4) is 0 Å². The zero-order chi connectivity index (χ0) is 21.6. The van der Waals surface area contributed by atoms with E-state index < -0.39 is 47.4 Å². The van der Waals surface area contributed by atoms with E-state index in [1.165, 1.54) is 19.1 Å². The lowest BCUT2D eigenvalue weighted by Crippen LogP contribution is -2.62. The fourth-order valence-electron chi connectivity index (χ4n) is 4.00. The molecular formula is C20H28N2O7. The first-order chi connectivity index (χ1) is 13.8. The number of ether oxygens (including phenoxy) is 3. The van der Waals surface area contributed by atoms with Crippen molar-refractivity contribution in [1.82, 2.24) is 10.6 Å². The monoisotopic (exact) mass is 408 g/mol. The molecule has 2 aliphatic carbocycles. The van der Waals surface area contributed by atoms with Gasteiger partial charge in [-0.15, -0.1) is 0 Å². The van der Waals surface area contributed by atoms with Crippen molar-refractivity contribution in [3.63, 3.8) is 0 Å². The van der Waals surface area contributed by atoms with Crippen LogP contribution < -0.4 is 10.6 Å². The highest BCUT2D eigenvalue weighted by molar-refractivity contribution is 5.95.